The van der Waals surface area contributed by atoms with E-state index in [0.29, 0.717) is 12.3 Å². The number of benzene rings is 1. The number of hydrogen-bond donors (Lipinski definition) is 0. The van der Waals surface area contributed by atoms with Gasteiger partial charge in [-0.2, -0.15) is 0 Å². The van der Waals surface area contributed by atoms with E-state index < -0.39 is 5.82 Å². The maximum Gasteiger partial charge on any atom is 0.275 e. The second-order valence-electron chi connectivity index (χ2n) is 5.78. The molecule has 0 aliphatic heterocycles. The molecule has 1 amide bonds. The van der Waals surface area contributed by atoms with Crippen LogP contribution in [0.4, 0.5) is 4.39 Å². The molecule has 0 bridgehead atoms. The Kier molecular flexibility index (Phi) is 5.75. The first kappa shape index (κ1) is 18.9. The molecule has 0 aliphatic carbocycles. The molecule has 0 saturated carbocycles. The maximum absolute atomic E-state index is 13.0. The quantitative estimate of drug-likeness (QED) is 0.615. The third-order valence-corrected chi connectivity index (χ3v) is 4.18. The Bertz CT molecular complexity index is 940. The summed E-state index contributed by atoms with van der Waals surface area (Å²) < 4.78 is 25.7. The van der Waals surface area contributed by atoms with Crippen LogP contribution in [0.25, 0.3) is 0 Å². The maximum atomic E-state index is 13.0. The third-order valence-electron chi connectivity index (χ3n) is 3.88. The molecule has 2 aromatic heterocycles. The van der Waals surface area contributed by atoms with Crippen LogP contribution in [0, 0.1) is 5.82 Å². The number of aryl methyl sites for hydroxylation is 1. The third kappa shape index (κ3) is 4.46. The van der Waals surface area contributed by atoms with E-state index in [1.807, 2.05) is 17.7 Å². The molecule has 0 N–H and O–H groups in total. The lowest BCUT2D eigenvalue weighted by Gasteiger charge is -2.15. The van der Waals surface area contributed by atoms with Crippen molar-refractivity contribution >= 4 is 17.5 Å². The first-order valence-electron chi connectivity index (χ1n) is 8.25. The Hall–Kier alpha value is -2.87. The van der Waals surface area contributed by atoms with E-state index in [1.165, 1.54) is 23.3 Å². The van der Waals surface area contributed by atoms with Gasteiger partial charge in [-0.25, -0.2) is 14.4 Å². The summed E-state index contributed by atoms with van der Waals surface area (Å²) in [7, 11) is 1.67. The van der Waals surface area contributed by atoms with E-state index in [4.69, 9.17) is 20.8 Å². The second kappa shape index (κ2) is 8.22. The number of carbonyl (C=O) groups is 1. The molecule has 0 saturated heterocycles. The summed E-state index contributed by atoms with van der Waals surface area (Å²) in [5.74, 6) is 0.541. The molecule has 27 heavy (non-hydrogen) atoms. The van der Waals surface area contributed by atoms with Crippen LogP contribution in [0.5, 0.6) is 5.75 Å². The molecule has 1 aromatic carbocycles. The highest BCUT2D eigenvalue weighted by Gasteiger charge is 2.19. The molecule has 0 radical (unpaired) electrons. The van der Waals surface area contributed by atoms with Gasteiger partial charge in [0.05, 0.1) is 11.6 Å². The molecule has 3 rings (SSSR count). The number of ether oxygens (including phenoxy) is 1. The summed E-state index contributed by atoms with van der Waals surface area (Å²) in [6.45, 7) is 3.09. The largest absolute Gasteiger partial charge is 0.482 e. The number of amides is 1. The Balaban J connectivity index is 1.61. The minimum absolute atomic E-state index is 0.0391. The lowest BCUT2D eigenvalue weighted by atomic mass is 10.3. The van der Waals surface area contributed by atoms with Crippen molar-refractivity contribution in [3.63, 3.8) is 0 Å². The van der Waals surface area contributed by atoms with E-state index in [9.17, 15) is 9.18 Å². The zero-order chi connectivity index (χ0) is 19.4. The van der Waals surface area contributed by atoms with Gasteiger partial charge in [-0.3, -0.25) is 4.79 Å². The van der Waals surface area contributed by atoms with Gasteiger partial charge in [0.1, 0.15) is 23.7 Å². The van der Waals surface area contributed by atoms with Crippen LogP contribution in [0.15, 0.2) is 41.3 Å². The number of carbonyl (C=O) groups excluding carboxylic acids is 1. The fourth-order valence-electron chi connectivity index (χ4n) is 2.47. The number of oxazole rings is 1. The first-order valence-corrected chi connectivity index (χ1v) is 8.63. The number of halogens is 2. The lowest BCUT2D eigenvalue weighted by Crippen LogP contribution is -2.28. The monoisotopic (exact) mass is 392 g/mol. The van der Waals surface area contributed by atoms with Gasteiger partial charge < -0.3 is 18.6 Å². The fourth-order valence-corrected chi connectivity index (χ4v) is 2.69. The molecule has 2 heterocycles. The minimum Gasteiger partial charge on any atom is -0.482 e. The molecule has 3 aromatic rings. The smallest absolute Gasteiger partial charge is 0.275 e. The number of imidazole rings is 1. The average Bonchev–Trinajstić information content (AvgIpc) is 3.29. The van der Waals surface area contributed by atoms with Crippen LogP contribution in [0.2, 0.25) is 5.02 Å². The average molecular weight is 393 g/mol. The van der Waals surface area contributed by atoms with Gasteiger partial charge in [-0.15, -0.1) is 0 Å². The molecular formula is C18H18ClFN4O3. The van der Waals surface area contributed by atoms with Crippen molar-refractivity contribution in [3.05, 3.63) is 65.1 Å². The summed E-state index contributed by atoms with van der Waals surface area (Å²) in [6, 6.07) is 3.80. The Morgan fingerprint density at radius 1 is 1.44 bits per heavy atom. The highest BCUT2D eigenvalue weighted by atomic mass is 35.5. The van der Waals surface area contributed by atoms with Gasteiger partial charge >= 0.3 is 0 Å². The van der Waals surface area contributed by atoms with Crippen LogP contribution in [-0.4, -0.2) is 32.4 Å². The fraction of sp³-hybridized carbons (Fsp3) is 0.278. The van der Waals surface area contributed by atoms with Gasteiger partial charge in [-0.1, -0.05) is 11.6 Å². The molecule has 7 nitrogen and oxygen atoms in total. The SMILES string of the molecule is CCn1ccnc1CN(C)C(=O)c1coc(COc2ccc(F)cc2Cl)n1. The standard InChI is InChI=1S/C18H18ClFN4O3/c1-3-24-7-6-21-16(24)9-23(2)18(25)14-10-27-17(22-14)11-26-15-5-4-12(20)8-13(15)19/h4-8,10H,3,9,11H2,1-2H3. The van der Waals surface area contributed by atoms with Crippen molar-refractivity contribution in [3.8, 4) is 5.75 Å². The molecule has 0 fully saturated rings. The molecule has 0 aliphatic rings. The molecule has 9 heteroatoms. The summed E-state index contributed by atoms with van der Waals surface area (Å²) >= 11 is 5.90. The van der Waals surface area contributed by atoms with E-state index >= 15 is 0 Å². The van der Waals surface area contributed by atoms with E-state index in [-0.39, 0.29) is 29.1 Å². The van der Waals surface area contributed by atoms with Crippen LogP contribution >= 0.6 is 11.6 Å². The van der Waals surface area contributed by atoms with Crippen molar-refractivity contribution in [1.82, 2.24) is 19.4 Å². The zero-order valence-electron chi connectivity index (χ0n) is 14.9. The Morgan fingerprint density at radius 3 is 3.00 bits per heavy atom. The lowest BCUT2D eigenvalue weighted by molar-refractivity contribution is 0.0774. The first-order chi connectivity index (χ1) is 13.0. The predicted molar refractivity (Wildman–Crippen MR) is 95.9 cm³/mol. The predicted octanol–water partition coefficient (Wildman–Crippen LogP) is 3.53. The van der Waals surface area contributed by atoms with Crippen LogP contribution in [0.3, 0.4) is 0 Å². The highest BCUT2D eigenvalue weighted by molar-refractivity contribution is 6.32. The van der Waals surface area contributed by atoms with E-state index in [1.54, 1.807) is 13.2 Å². The number of rotatable bonds is 7. The molecule has 142 valence electrons. The topological polar surface area (TPSA) is 73.4 Å². The van der Waals surface area contributed by atoms with E-state index in [0.717, 1.165) is 18.4 Å². The minimum atomic E-state index is -0.455. The summed E-state index contributed by atoms with van der Waals surface area (Å²) in [5, 5.41) is 0.143. The zero-order valence-corrected chi connectivity index (χ0v) is 15.6. The van der Waals surface area contributed by atoms with Crippen molar-refractivity contribution in [1.29, 1.82) is 0 Å². The highest BCUT2D eigenvalue weighted by Crippen LogP contribution is 2.25. The van der Waals surface area contributed by atoms with Crippen molar-refractivity contribution in [2.24, 2.45) is 0 Å². The van der Waals surface area contributed by atoms with Crippen LogP contribution < -0.4 is 4.74 Å². The number of aromatic nitrogens is 3. The Morgan fingerprint density at radius 2 is 2.26 bits per heavy atom. The van der Waals surface area contributed by atoms with Crippen molar-refractivity contribution < 1.29 is 18.3 Å². The molecule has 0 spiro atoms. The van der Waals surface area contributed by atoms with Gasteiger partial charge in [0.15, 0.2) is 12.3 Å². The van der Waals surface area contributed by atoms with Crippen molar-refractivity contribution in [2.75, 3.05) is 7.05 Å². The van der Waals surface area contributed by atoms with Gasteiger partial charge in [0.25, 0.3) is 5.91 Å². The normalized spacial score (nSPS) is 10.8. The molecular weight excluding hydrogens is 375 g/mol. The van der Waals surface area contributed by atoms with Crippen molar-refractivity contribution in [2.45, 2.75) is 26.6 Å². The number of hydrogen-bond acceptors (Lipinski definition) is 5. The van der Waals surface area contributed by atoms with Crippen LogP contribution in [0.1, 0.15) is 29.1 Å². The van der Waals surface area contributed by atoms with Gasteiger partial charge in [0.2, 0.25) is 5.89 Å². The van der Waals surface area contributed by atoms with E-state index in [2.05, 4.69) is 9.97 Å². The van der Waals surface area contributed by atoms with Gasteiger partial charge in [-0.05, 0) is 25.1 Å². The van der Waals surface area contributed by atoms with Crippen LogP contribution in [-0.2, 0) is 19.7 Å². The Labute approximate surface area is 160 Å². The van der Waals surface area contributed by atoms with Gasteiger partial charge in [0, 0.05) is 26.0 Å². The molecule has 0 atom stereocenters. The summed E-state index contributed by atoms with van der Waals surface area (Å²) in [5.41, 5.74) is 0.163. The summed E-state index contributed by atoms with van der Waals surface area (Å²) in [6.07, 6.45) is 4.83. The summed E-state index contributed by atoms with van der Waals surface area (Å²) in [4.78, 5) is 22.4. The number of nitrogens with zero attached hydrogens (tertiary/aromatic N) is 4. The second-order valence-corrected chi connectivity index (χ2v) is 6.19. The molecule has 0 unspecified atom stereocenters.